The quantitative estimate of drug-likeness (QED) is 0.815. The van der Waals surface area contributed by atoms with E-state index in [-0.39, 0.29) is 6.04 Å². The highest BCUT2D eigenvalue weighted by atomic mass is 16.2. The lowest BCUT2D eigenvalue weighted by atomic mass is 9.83. The fourth-order valence-corrected chi connectivity index (χ4v) is 2.94. The Morgan fingerprint density at radius 2 is 1.83 bits per heavy atom. The summed E-state index contributed by atoms with van der Waals surface area (Å²) in [5.41, 5.74) is 0. The van der Waals surface area contributed by atoms with E-state index in [2.05, 4.69) is 10.2 Å². The highest BCUT2D eigenvalue weighted by Gasteiger charge is 2.22. The molecule has 3 nitrogen and oxygen atoms in total. The molecule has 1 N–H and O–H groups in total. The predicted octanol–water partition coefficient (Wildman–Crippen LogP) is 2.56. The van der Waals surface area contributed by atoms with Gasteiger partial charge in [0.25, 0.3) is 0 Å². The average molecular weight is 252 g/mol. The Bertz CT molecular complexity index is 255. The van der Waals surface area contributed by atoms with Gasteiger partial charge < -0.3 is 10.2 Å². The minimum atomic E-state index is 0.00294. The van der Waals surface area contributed by atoms with Gasteiger partial charge >= 0.3 is 0 Å². The number of carbonyl (C=O) groups is 1. The molecule has 0 aromatic heterocycles. The Kier molecular flexibility index (Phi) is 5.48. The van der Waals surface area contributed by atoms with Crippen molar-refractivity contribution < 1.29 is 4.79 Å². The van der Waals surface area contributed by atoms with Crippen molar-refractivity contribution in [2.75, 3.05) is 19.6 Å². The number of hydrogen-bond donors (Lipinski definition) is 1. The molecule has 1 saturated carbocycles. The van der Waals surface area contributed by atoms with Crippen molar-refractivity contribution in [3.05, 3.63) is 0 Å². The monoisotopic (exact) mass is 252 g/mol. The third-order valence-corrected chi connectivity index (χ3v) is 4.52. The molecule has 2 rings (SSSR count). The van der Waals surface area contributed by atoms with Crippen LogP contribution in [0.5, 0.6) is 0 Å². The summed E-state index contributed by atoms with van der Waals surface area (Å²) in [7, 11) is 0. The van der Waals surface area contributed by atoms with Gasteiger partial charge in [-0.05, 0) is 38.6 Å². The van der Waals surface area contributed by atoms with Crippen LogP contribution < -0.4 is 5.32 Å². The maximum Gasteiger partial charge on any atom is 0.239 e. The Morgan fingerprint density at radius 1 is 1.17 bits per heavy atom. The van der Waals surface area contributed by atoms with Crippen molar-refractivity contribution in [1.29, 1.82) is 0 Å². The molecule has 1 saturated heterocycles. The summed E-state index contributed by atoms with van der Waals surface area (Å²) in [5.74, 6) is 1.24. The molecule has 1 aliphatic carbocycles. The van der Waals surface area contributed by atoms with Crippen LogP contribution >= 0.6 is 0 Å². The van der Waals surface area contributed by atoms with E-state index in [1.54, 1.807) is 0 Å². The topological polar surface area (TPSA) is 32.3 Å². The van der Waals surface area contributed by atoms with Gasteiger partial charge in [0, 0.05) is 13.1 Å². The normalized spacial score (nSPS) is 23.3. The van der Waals surface area contributed by atoms with Gasteiger partial charge in [-0.15, -0.1) is 0 Å². The number of carbonyl (C=O) groups excluding carboxylic acids is 1. The van der Waals surface area contributed by atoms with E-state index in [0.29, 0.717) is 5.91 Å². The Labute approximate surface area is 111 Å². The van der Waals surface area contributed by atoms with Crippen molar-refractivity contribution in [3.8, 4) is 0 Å². The standard InChI is InChI=1S/C15H28N2O/c1-13(16-10-9-14-7-6-8-14)15(18)17-11-4-2-3-5-12-17/h13-14,16H,2-12H2,1H3. The largest absolute Gasteiger partial charge is 0.341 e. The summed E-state index contributed by atoms with van der Waals surface area (Å²) < 4.78 is 0. The van der Waals surface area contributed by atoms with E-state index in [1.807, 2.05) is 6.92 Å². The van der Waals surface area contributed by atoms with Gasteiger partial charge in [0.15, 0.2) is 0 Å². The number of rotatable bonds is 5. The van der Waals surface area contributed by atoms with Gasteiger partial charge in [-0.3, -0.25) is 4.79 Å². The molecule has 1 unspecified atom stereocenters. The van der Waals surface area contributed by atoms with E-state index in [9.17, 15) is 4.79 Å². The zero-order chi connectivity index (χ0) is 12.8. The first-order valence-corrected chi connectivity index (χ1v) is 7.79. The van der Waals surface area contributed by atoms with E-state index >= 15 is 0 Å². The van der Waals surface area contributed by atoms with E-state index in [1.165, 1.54) is 51.4 Å². The Balaban J connectivity index is 1.65. The fraction of sp³-hybridized carbons (Fsp3) is 0.933. The Morgan fingerprint density at radius 3 is 2.39 bits per heavy atom. The molecule has 0 bridgehead atoms. The van der Waals surface area contributed by atoms with Crippen molar-refractivity contribution in [3.63, 3.8) is 0 Å². The summed E-state index contributed by atoms with van der Waals surface area (Å²) in [6.07, 6.45) is 10.4. The summed E-state index contributed by atoms with van der Waals surface area (Å²) in [4.78, 5) is 14.3. The van der Waals surface area contributed by atoms with Crippen LogP contribution in [0, 0.1) is 5.92 Å². The van der Waals surface area contributed by atoms with Gasteiger partial charge in [0.05, 0.1) is 6.04 Å². The minimum absolute atomic E-state index is 0.00294. The molecule has 1 amide bonds. The number of nitrogens with one attached hydrogen (secondary N) is 1. The van der Waals surface area contributed by atoms with E-state index in [0.717, 1.165) is 25.6 Å². The predicted molar refractivity (Wildman–Crippen MR) is 74.5 cm³/mol. The van der Waals surface area contributed by atoms with Gasteiger partial charge in [0.2, 0.25) is 5.91 Å². The minimum Gasteiger partial charge on any atom is -0.341 e. The lowest BCUT2D eigenvalue weighted by Gasteiger charge is -2.27. The van der Waals surface area contributed by atoms with Gasteiger partial charge in [-0.1, -0.05) is 32.1 Å². The molecule has 104 valence electrons. The molecular formula is C15H28N2O. The molecule has 0 spiro atoms. The molecule has 2 fully saturated rings. The molecular weight excluding hydrogens is 224 g/mol. The van der Waals surface area contributed by atoms with Crippen molar-refractivity contribution in [2.45, 2.75) is 64.3 Å². The summed E-state index contributed by atoms with van der Waals surface area (Å²) >= 11 is 0. The second-order valence-corrected chi connectivity index (χ2v) is 6.00. The average Bonchev–Trinajstić information content (AvgIpc) is 2.59. The molecule has 1 aliphatic heterocycles. The van der Waals surface area contributed by atoms with Crippen LogP contribution in [-0.2, 0) is 4.79 Å². The van der Waals surface area contributed by atoms with E-state index in [4.69, 9.17) is 0 Å². The third kappa shape index (κ3) is 3.98. The van der Waals surface area contributed by atoms with Crippen molar-refractivity contribution >= 4 is 5.91 Å². The van der Waals surface area contributed by atoms with Crippen LogP contribution in [0.3, 0.4) is 0 Å². The first kappa shape index (κ1) is 13.9. The first-order chi connectivity index (χ1) is 8.77. The number of hydrogen-bond acceptors (Lipinski definition) is 2. The zero-order valence-corrected chi connectivity index (χ0v) is 11.8. The lowest BCUT2D eigenvalue weighted by Crippen LogP contribution is -2.45. The van der Waals surface area contributed by atoms with Crippen LogP contribution in [0.25, 0.3) is 0 Å². The smallest absolute Gasteiger partial charge is 0.239 e. The third-order valence-electron chi connectivity index (χ3n) is 4.52. The number of nitrogens with zero attached hydrogens (tertiary/aromatic N) is 1. The van der Waals surface area contributed by atoms with Crippen LogP contribution in [0.2, 0.25) is 0 Å². The van der Waals surface area contributed by atoms with Crippen LogP contribution in [0.1, 0.15) is 58.3 Å². The van der Waals surface area contributed by atoms with Gasteiger partial charge in [-0.2, -0.15) is 0 Å². The van der Waals surface area contributed by atoms with E-state index < -0.39 is 0 Å². The van der Waals surface area contributed by atoms with Crippen molar-refractivity contribution in [2.24, 2.45) is 5.92 Å². The van der Waals surface area contributed by atoms with Crippen LogP contribution in [0.15, 0.2) is 0 Å². The summed E-state index contributed by atoms with van der Waals surface area (Å²) in [5, 5.41) is 3.41. The van der Waals surface area contributed by atoms with Gasteiger partial charge in [-0.25, -0.2) is 0 Å². The second kappa shape index (κ2) is 7.13. The molecule has 0 aromatic carbocycles. The highest BCUT2D eigenvalue weighted by molar-refractivity contribution is 5.81. The number of likely N-dealkylation sites (tertiary alicyclic amines) is 1. The summed E-state index contributed by atoms with van der Waals surface area (Å²) in [6.45, 7) is 4.96. The maximum atomic E-state index is 12.3. The molecule has 18 heavy (non-hydrogen) atoms. The molecule has 0 aromatic rings. The van der Waals surface area contributed by atoms with Crippen LogP contribution in [-0.4, -0.2) is 36.5 Å². The summed E-state index contributed by atoms with van der Waals surface area (Å²) in [6, 6.07) is 0.00294. The second-order valence-electron chi connectivity index (χ2n) is 6.00. The zero-order valence-electron chi connectivity index (χ0n) is 11.8. The first-order valence-electron chi connectivity index (χ1n) is 7.79. The highest BCUT2D eigenvalue weighted by Crippen LogP contribution is 2.28. The van der Waals surface area contributed by atoms with Gasteiger partial charge in [0.1, 0.15) is 0 Å². The maximum absolute atomic E-state index is 12.3. The number of amides is 1. The SMILES string of the molecule is CC(NCCC1CCC1)C(=O)N1CCCCCC1. The van der Waals surface area contributed by atoms with Crippen LogP contribution in [0.4, 0.5) is 0 Å². The Hall–Kier alpha value is -0.570. The molecule has 2 aliphatic rings. The molecule has 1 atom stereocenters. The molecule has 0 radical (unpaired) electrons. The van der Waals surface area contributed by atoms with Crippen molar-refractivity contribution in [1.82, 2.24) is 10.2 Å². The molecule has 1 heterocycles. The molecule has 3 heteroatoms. The fourth-order valence-electron chi connectivity index (χ4n) is 2.94. The lowest BCUT2D eigenvalue weighted by molar-refractivity contribution is -0.133.